The number of benzene rings is 3. The fourth-order valence-electron chi connectivity index (χ4n) is 4.11. The van der Waals surface area contributed by atoms with Crippen LogP contribution < -0.4 is 10.6 Å². The summed E-state index contributed by atoms with van der Waals surface area (Å²) in [6.45, 7) is 3.52. The number of fused-ring (bicyclic) bond motifs is 1. The monoisotopic (exact) mass is 496 g/mol. The molecule has 1 aliphatic heterocycles. The minimum atomic E-state index is -0.900. The molecule has 1 heterocycles. The predicted molar refractivity (Wildman–Crippen MR) is 134 cm³/mol. The maximum atomic E-state index is 13.3. The Morgan fingerprint density at radius 3 is 2.59 bits per heavy atom. The Bertz CT molecular complexity index is 1200. The Morgan fingerprint density at radius 1 is 1.06 bits per heavy atom. The van der Waals surface area contributed by atoms with Crippen molar-refractivity contribution < 1.29 is 14.3 Å². The summed E-state index contributed by atoms with van der Waals surface area (Å²) in [7, 11) is 0. The summed E-state index contributed by atoms with van der Waals surface area (Å²) in [6.07, 6.45) is 0.989. The molecule has 0 bridgehead atoms. The molecule has 2 N–H and O–H groups in total. The first-order valence-electron chi connectivity index (χ1n) is 11.2. The van der Waals surface area contributed by atoms with E-state index in [9.17, 15) is 9.59 Å². The standard InChI is InChI=1S/C27H26Cl2N2O3/c1-17-6-5-9-19(12-17)13-23(27(33)34-16-18-7-3-2-4-8-18)31-26(32)24-22(28)14-20-15-30-11-10-21(20)25(24)29/h2-9,12,14,23,30H,10-11,13,15-16H2,1H3,(H,31,32)/t23-/m0/s1. The molecule has 0 fully saturated rings. The fourth-order valence-corrected chi connectivity index (χ4v) is 4.87. The van der Waals surface area contributed by atoms with Gasteiger partial charge in [-0.25, -0.2) is 4.79 Å². The van der Waals surface area contributed by atoms with Gasteiger partial charge in [0.2, 0.25) is 0 Å². The van der Waals surface area contributed by atoms with Crippen LogP contribution in [0.3, 0.4) is 0 Å². The number of nitrogens with one attached hydrogen (secondary N) is 2. The van der Waals surface area contributed by atoms with Gasteiger partial charge in [-0.15, -0.1) is 0 Å². The smallest absolute Gasteiger partial charge is 0.329 e. The van der Waals surface area contributed by atoms with Crippen molar-refractivity contribution in [2.75, 3.05) is 6.54 Å². The van der Waals surface area contributed by atoms with Crippen LogP contribution in [0.4, 0.5) is 0 Å². The van der Waals surface area contributed by atoms with Crippen LogP contribution in [0.25, 0.3) is 0 Å². The normalized spacial score (nSPS) is 13.6. The topological polar surface area (TPSA) is 67.4 Å². The van der Waals surface area contributed by atoms with E-state index in [1.807, 2.05) is 61.5 Å². The molecule has 176 valence electrons. The first-order chi connectivity index (χ1) is 16.4. The van der Waals surface area contributed by atoms with Crippen molar-refractivity contribution in [3.8, 4) is 0 Å². The maximum absolute atomic E-state index is 13.3. The molecule has 3 aromatic carbocycles. The van der Waals surface area contributed by atoms with Crippen LogP contribution in [-0.2, 0) is 35.5 Å². The van der Waals surface area contributed by atoms with Crippen molar-refractivity contribution in [3.63, 3.8) is 0 Å². The number of carbonyl (C=O) groups is 2. The van der Waals surface area contributed by atoms with Crippen molar-refractivity contribution in [2.24, 2.45) is 0 Å². The van der Waals surface area contributed by atoms with Crippen LogP contribution in [0.2, 0.25) is 10.0 Å². The largest absolute Gasteiger partial charge is 0.459 e. The van der Waals surface area contributed by atoms with Crippen LogP contribution >= 0.6 is 23.2 Å². The van der Waals surface area contributed by atoms with E-state index in [1.54, 1.807) is 6.07 Å². The van der Waals surface area contributed by atoms with Gasteiger partial charge in [0.15, 0.2) is 0 Å². The van der Waals surface area contributed by atoms with Crippen LogP contribution in [0.1, 0.15) is 38.2 Å². The first-order valence-corrected chi connectivity index (χ1v) is 12.0. The molecule has 3 aromatic rings. The number of aryl methyl sites for hydroxylation is 1. The van der Waals surface area contributed by atoms with Crippen molar-refractivity contribution in [1.82, 2.24) is 10.6 Å². The number of halogens is 2. The molecular weight excluding hydrogens is 471 g/mol. The third-order valence-corrected chi connectivity index (χ3v) is 6.56. The molecule has 7 heteroatoms. The molecule has 4 rings (SSSR count). The third kappa shape index (κ3) is 5.79. The minimum Gasteiger partial charge on any atom is -0.459 e. The van der Waals surface area contributed by atoms with E-state index in [1.165, 1.54) is 0 Å². The zero-order chi connectivity index (χ0) is 24.1. The average Bonchev–Trinajstić information content (AvgIpc) is 2.83. The lowest BCUT2D eigenvalue weighted by Crippen LogP contribution is -2.43. The molecule has 0 radical (unpaired) electrons. The lowest BCUT2D eigenvalue weighted by atomic mass is 9.97. The number of hydrogen-bond acceptors (Lipinski definition) is 4. The van der Waals surface area contributed by atoms with E-state index in [4.69, 9.17) is 27.9 Å². The van der Waals surface area contributed by atoms with Crippen LogP contribution in [-0.4, -0.2) is 24.5 Å². The summed E-state index contributed by atoms with van der Waals surface area (Å²) < 4.78 is 5.55. The fraction of sp³-hybridized carbons (Fsp3) is 0.259. The van der Waals surface area contributed by atoms with Gasteiger partial charge in [-0.1, -0.05) is 83.4 Å². The predicted octanol–water partition coefficient (Wildman–Crippen LogP) is 5.03. The minimum absolute atomic E-state index is 0.118. The van der Waals surface area contributed by atoms with Crippen molar-refractivity contribution in [3.05, 3.63) is 104 Å². The lowest BCUT2D eigenvalue weighted by Gasteiger charge is -2.23. The highest BCUT2D eigenvalue weighted by Crippen LogP contribution is 2.33. The van der Waals surface area contributed by atoms with Crippen molar-refractivity contribution in [2.45, 2.75) is 39.0 Å². The van der Waals surface area contributed by atoms with Gasteiger partial charge in [0.1, 0.15) is 12.6 Å². The van der Waals surface area contributed by atoms with E-state index < -0.39 is 17.9 Å². The Balaban J connectivity index is 1.57. The molecule has 0 unspecified atom stereocenters. The molecule has 0 aromatic heterocycles. The quantitative estimate of drug-likeness (QED) is 0.450. The molecule has 1 amide bonds. The summed E-state index contributed by atoms with van der Waals surface area (Å²) in [5.74, 6) is -1.02. The van der Waals surface area contributed by atoms with Gasteiger partial charge in [-0.2, -0.15) is 0 Å². The summed E-state index contributed by atoms with van der Waals surface area (Å²) in [5.41, 5.74) is 4.93. The number of rotatable bonds is 7. The van der Waals surface area contributed by atoms with Gasteiger partial charge in [0, 0.05) is 13.0 Å². The highest BCUT2D eigenvalue weighted by Gasteiger charge is 2.28. The highest BCUT2D eigenvalue weighted by molar-refractivity contribution is 6.40. The van der Waals surface area contributed by atoms with Gasteiger partial charge >= 0.3 is 5.97 Å². The second-order valence-electron chi connectivity index (χ2n) is 8.42. The number of amides is 1. The second-order valence-corrected chi connectivity index (χ2v) is 9.21. The summed E-state index contributed by atoms with van der Waals surface area (Å²) in [6, 6.07) is 18.1. The Kier molecular flexibility index (Phi) is 7.88. The number of hydrogen-bond donors (Lipinski definition) is 2. The Hall–Kier alpha value is -2.86. The first kappa shape index (κ1) is 24.3. The molecular formula is C27H26Cl2N2O3. The molecule has 1 aliphatic rings. The van der Waals surface area contributed by atoms with Crippen LogP contribution in [0.5, 0.6) is 0 Å². The van der Waals surface area contributed by atoms with E-state index in [2.05, 4.69) is 10.6 Å². The van der Waals surface area contributed by atoms with Crippen molar-refractivity contribution in [1.29, 1.82) is 0 Å². The summed E-state index contributed by atoms with van der Waals surface area (Å²) in [4.78, 5) is 26.4. The van der Waals surface area contributed by atoms with Crippen molar-refractivity contribution >= 4 is 35.1 Å². The van der Waals surface area contributed by atoms with E-state index >= 15 is 0 Å². The van der Waals surface area contributed by atoms with Gasteiger partial charge in [-0.05, 0) is 48.2 Å². The number of ether oxygens (including phenoxy) is 1. The highest BCUT2D eigenvalue weighted by atomic mass is 35.5. The van der Waals surface area contributed by atoms with Gasteiger partial charge < -0.3 is 15.4 Å². The SMILES string of the molecule is Cc1cccc(C[C@H](NC(=O)c2c(Cl)cc3c(c2Cl)CCNC3)C(=O)OCc2ccccc2)c1. The van der Waals surface area contributed by atoms with Gasteiger partial charge in [-0.3, -0.25) is 4.79 Å². The second kappa shape index (κ2) is 11.0. The number of esters is 1. The van der Waals surface area contributed by atoms with Crippen LogP contribution in [0.15, 0.2) is 60.7 Å². The third-order valence-electron chi connectivity index (χ3n) is 5.84. The van der Waals surface area contributed by atoms with Crippen LogP contribution in [0, 0.1) is 6.92 Å². The number of carbonyl (C=O) groups excluding carboxylic acids is 2. The molecule has 34 heavy (non-hydrogen) atoms. The molecule has 0 aliphatic carbocycles. The zero-order valence-corrected chi connectivity index (χ0v) is 20.4. The molecule has 0 saturated carbocycles. The molecule has 0 saturated heterocycles. The lowest BCUT2D eigenvalue weighted by molar-refractivity contribution is -0.147. The Morgan fingerprint density at radius 2 is 1.82 bits per heavy atom. The Labute approximate surface area is 209 Å². The zero-order valence-electron chi connectivity index (χ0n) is 18.9. The summed E-state index contributed by atoms with van der Waals surface area (Å²) in [5, 5.41) is 6.70. The van der Waals surface area contributed by atoms with E-state index in [0.29, 0.717) is 18.0 Å². The molecule has 1 atom stereocenters. The molecule has 5 nitrogen and oxygen atoms in total. The average molecular weight is 497 g/mol. The van der Waals surface area contributed by atoms with E-state index in [0.717, 1.165) is 34.4 Å². The van der Waals surface area contributed by atoms with E-state index in [-0.39, 0.29) is 23.6 Å². The van der Waals surface area contributed by atoms with Gasteiger partial charge in [0.25, 0.3) is 5.91 Å². The maximum Gasteiger partial charge on any atom is 0.329 e. The molecule has 0 spiro atoms. The van der Waals surface area contributed by atoms with Gasteiger partial charge in [0.05, 0.1) is 15.6 Å². The summed E-state index contributed by atoms with van der Waals surface area (Å²) >= 11 is 13.1.